The molecule has 1 rings (SSSR count). The summed E-state index contributed by atoms with van der Waals surface area (Å²) < 4.78 is 0. The van der Waals surface area contributed by atoms with Gasteiger partial charge in [0.2, 0.25) is 0 Å². The second kappa shape index (κ2) is 7.33. The normalized spacial score (nSPS) is 12.9. The number of phenols is 1. The van der Waals surface area contributed by atoms with Crippen molar-refractivity contribution in [1.82, 2.24) is 5.32 Å². The fraction of sp³-hybridized carbons (Fsp3) is 0.600. The molecule has 0 saturated heterocycles. The van der Waals surface area contributed by atoms with Crippen LogP contribution in [-0.2, 0) is 0 Å². The molecule has 0 bridgehead atoms. The van der Waals surface area contributed by atoms with Crippen LogP contribution in [0.15, 0.2) is 24.3 Å². The van der Waals surface area contributed by atoms with Crippen LogP contribution >= 0.6 is 0 Å². The zero-order chi connectivity index (χ0) is 12.7. The number of aromatic hydroxyl groups is 1. The minimum absolute atomic E-state index is 0.218. The van der Waals surface area contributed by atoms with Gasteiger partial charge in [0.05, 0.1) is 0 Å². The van der Waals surface area contributed by atoms with Crippen LogP contribution in [0.25, 0.3) is 0 Å². The van der Waals surface area contributed by atoms with Crippen molar-refractivity contribution in [3.63, 3.8) is 0 Å². The average molecular weight is 235 g/mol. The number of rotatable bonds is 7. The van der Waals surface area contributed by atoms with Crippen molar-refractivity contribution in [2.75, 3.05) is 6.54 Å². The summed E-state index contributed by atoms with van der Waals surface area (Å²) in [5.74, 6) is 1.18. The maximum atomic E-state index is 9.72. The zero-order valence-corrected chi connectivity index (χ0v) is 11.2. The first kappa shape index (κ1) is 14.0. The van der Waals surface area contributed by atoms with E-state index in [2.05, 4.69) is 26.1 Å². The third-order valence-corrected chi connectivity index (χ3v) is 3.06. The second-order valence-corrected chi connectivity index (χ2v) is 5.12. The molecule has 2 N–H and O–H groups in total. The molecule has 0 radical (unpaired) electrons. The predicted octanol–water partition coefficient (Wildman–Crippen LogP) is 3.87. The molecule has 0 spiro atoms. The molecule has 1 aromatic rings. The first-order valence-corrected chi connectivity index (χ1v) is 6.62. The van der Waals surface area contributed by atoms with E-state index in [-0.39, 0.29) is 6.04 Å². The molecule has 0 heterocycles. The second-order valence-electron chi connectivity index (χ2n) is 5.12. The van der Waals surface area contributed by atoms with Crippen molar-refractivity contribution >= 4 is 0 Å². The molecule has 0 saturated carbocycles. The van der Waals surface area contributed by atoms with Crippen molar-refractivity contribution in [2.45, 2.75) is 46.1 Å². The van der Waals surface area contributed by atoms with Gasteiger partial charge < -0.3 is 10.4 Å². The van der Waals surface area contributed by atoms with Crippen LogP contribution in [0.2, 0.25) is 0 Å². The maximum absolute atomic E-state index is 9.72. The monoisotopic (exact) mass is 235 g/mol. The maximum Gasteiger partial charge on any atom is 0.120 e. The lowest BCUT2D eigenvalue weighted by molar-refractivity contribution is 0.448. The lowest BCUT2D eigenvalue weighted by Gasteiger charge is -2.15. The van der Waals surface area contributed by atoms with E-state index in [9.17, 15) is 5.11 Å². The van der Waals surface area contributed by atoms with Gasteiger partial charge in [-0.1, -0.05) is 44.9 Å². The lowest BCUT2D eigenvalue weighted by Crippen LogP contribution is -2.19. The summed E-state index contributed by atoms with van der Waals surface area (Å²) in [6.45, 7) is 7.63. The molecule has 0 aliphatic carbocycles. The van der Waals surface area contributed by atoms with Crippen LogP contribution in [-0.4, -0.2) is 11.7 Å². The summed E-state index contributed by atoms with van der Waals surface area (Å²) in [6, 6.07) is 7.75. The van der Waals surface area contributed by atoms with Gasteiger partial charge in [0.25, 0.3) is 0 Å². The van der Waals surface area contributed by atoms with Crippen LogP contribution in [0.1, 0.15) is 51.6 Å². The van der Waals surface area contributed by atoms with Gasteiger partial charge in [0.15, 0.2) is 0 Å². The standard InChI is InChI=1S/C15H25NO/c1-12(2)8-6-7-11-16-13(3)14-9-4-5-10-15(14)17/h4-5,9-10,12-13,16-17H,6-8,11H2,1-3H3. The fourth-order valence-electron chi connectivity index (χ4n) is 1.96. The molecular formula is C15H25NO. The minimum Gasteiger partial charge on any atom is -0.508 e. The molecule has 0 amide bonds. The van der Waals surface area contributed by atoms with Gasteiger partial charge >= 0.3 is 0 Å². The SMILES string of the molecule is CC(C)CCCCNC(C)c1ccccc1O. The van der Waals surface area contributed by atoms with Crippen LogP contribution in [0, 0.1) is 5.92 Å². The van der Waals surface area contributed by atoms with Crippen LogP contribution in [0.5, 0.6) is 5.75 Å². The Bertz CT molecular complexity index is 322. The van der Waals surface area contributed by atoms with Gasteiger partial charge in [0.1, 0.15) is 5.75 Å². The Kier molecular flexibility index (Phi) is 6.06. The Morgan fingerprint density at radius 1 is 1.12 bits per heavy atom. The Hall–Kier alpha value is -1.02. The summed E-state index contributed by atoms with van der Waals surface area (Å²) >= 11 is 0. The number of hydrogen-bond acceptors (Lipinski definition) is 2. The number of benzene rings is 1. The summed E-state index contributed by atoms with van der Waals surface area (Å²) in [6.07, 6.45) is 3.78. The molecule has 1 unspecified atom stereocenters. The van der Waals surface area contributed by atoms with Crippen molar-refractivity contribution < 1.29 is 5.11 Å². The third kappa shape index (κ3) is 5.22. The predicted molar refractivity (Wildman–Crippen MR) is 73.2 cm³/mol. The number of phenolic OH excluding ortho intramolecular Hbond substituents is 1. The quantitative estimate of drug-likeness (QED) is 0.703. The Morgan fingerprint density at radius 2 is 1.82 bits per heavy atom. The summed E-state index contributed by atoms with van der Waals surface area (Å²) in [5.41, 5.74) is 0.983. The molecule has 0 aliphatic heterocycles. The van der Waals surface area contributed by atoms with Crippen molar-refractivity contribution in [3.8, 4) is 5.75 Å². The molecule has 2 heteroatoms. The lowest BCUT2D eigenvalue weighted by atomic mass is 10.1. The molecule has 96 valence electrons. The molecule has 0 aromatic heterocycles. The van der Waals surface area contributed by atoms with Gasteiger partial charge in [-0.05, 0) is 31.9 Å². The fourth-order valence-corrected chi connectivity index (χ4v) is 1.96. The largest absolute Gasteiger partial charge is 0.508 e. The first-order chi connectivity index (χ1) is 8.11. The van der Waals surface area contributed by atoms with E-state index < -0.39 is 0 Å². The van der Waals surface area contributed by atoms with Crippen LogP contribution in [0.3, 0.4) is 0 Å². The van der Waals surface area contributed by atoms with Gasteiger partial charge in [0, 0.05) is 11.6 Å². The highest BCUT2D eigenvalue weighted by Crippen LogP contribution is 2.22. The number of unbranched alkanes of at least 4 members (excludes halogenated alkanes) is 1. The van der Waals surface area contributed by atoms with E-state index >= 15 is 0 Å². The molecule has 2 nitrogen and oxygen atoms in total. The first-order valence-electron chi connectivity index (χ1n) is 6.62. The molecule has 0 fully saturated rings. The number of para-hydroxylation sites is 1. The topological polar surface area (TPSA) is 32.3 Å². The van der Waals surface area contributed by atoms with Gasteiger partial charge in [-0.2, -0.15) is 0 Å². The Balaban J connectivity index is 2.26. The molecule has 1 aromatic carbocycles. The van der Waals surface area contributed by atoms with E-state index in [1.807, 2.05) is 18.2 Å². The van der Waals surface area contributed by atoms with E-state index in [4.69, 9.17) is 0 Å². The Labute approximate surface area is 105 Å². The van der Waals surface area contributed by atoms with E-state index in [1.54, 1.807) is 6.07 Å². The highest BCUT2D eigenvalue weighted by atomic mass is 16.3. The zero-order valence-electron chi connectivity index (χ0n) is 11.2. The average Bonchev–Trinajstić information content (AvgIpc) is 2.28. The van der Waals surface area contributed by atoms with Crippen molar-refractivity contribution in [1.29, 1.82) is 0 Å². The van der Waals surface area contributed by atoms with Crippen LogP contribution < -0.4 is 5.32 Å². The summed E-state index contributed by atoms with van der Waals surface area (Å²) in [4.78, 5) is 0. The van der Waals surface area contributed by atoms with Gasteiger partial charge in [-0.15, -0.1) is 0 Å². The summed E-state index contributed by atoms with van der Waals surface area (Å²) in [7, 11) is 0. The molecule has 1 atom stereocenters. The molecule has 17 heavy (non-hydrogen) atoms. The van der Waals surface area contributed by atoms with Crippen molar-refractivity contribution in [3.05, 3.63) is 29.8 Å². The van der Waals surface area contributed by atoms with E-state index in [1.165, 1.54) is 19.3 Å². The molecular weight excluding hydrogens is 210 g/mol. The van der Waals surface area contributed by atoms with Gasteiger partial charge in [-0.25, -0.2) is 0 Å². The summed E-state index contributed by atoms with van der Waals surface area (Å²) in [5, 5.41) is 13.2. The van der Waals surface area contributed by atoms with Crippen LogP contribution in [0.4, 0.5) is 0 Å². The number of nitrogens with one attached hydrogen (secondary N) is 1. The molecule has 0 aliphatic rings. The van der Waals surface area contributed by atoms with Crippen molar-refractivity contribution in [2.24, 2.45) is 5.92 Å². The number of hydrogen-bond donors (Lipinski definition) is 2. The smallest absolute Gasteiger partial charge is 0.120 e. The van der Waals surface area contributed by atoms with Gasteiger partial charge in [-0.3, -0.25) is 0 Å². The highest BCUT2D eigenvalue weighted by Gasteiger charge is 2.08. The van der Waals surface area contributed by atoms with E-state index in [0.29, 0.717) is 5.75 Å². The third-order valence-electron chi connectivity index (χ3n) is 3.06. The minimum atomic E-state index is 0.218. The Morgan fingerprint density at radius 3 is 2.47 bits per heavy atom. The van der Waals surface area contributed by atoms with E-state index in [0.717, 1.165) is 18.0 Å². The highest BCUT2D eigenvalue weighted by molar-refractivity contribution is 5.33.